The molecule has 0 spiro atoms. The van der Waals surface area contributed by atoms with Crippen LogP contribution in [0, 0.1) is 0 Å². The molecule has 2 N–H and O–H groups in total. The van der Waals surface area contributed by atoms with Gasteiger partial charge in [-0.15, -0.1) is 11.3 Å². The van der Waals surface area contributed by atoms with Gasteiger partial charge < -0.3 is 15.4 Å². The van der Waals surface area contributed by atoms with Gasteiger partial charge in [0.25, 0.3) is 0 Å². The topological polar surface area (TPSA) is 84.6 Å². The molecule has 2 aromatic heterocycles. The molecule has 7 nitrogen and oxygen atoms in total. The summed E-state index contributed by atoms with van der Waals surface area (Å²) in [5, 5.41) is 0.970. The molecule has 4 rings (SSSR count). The van der Waals surface area contributed by atoms with Gasteiger partial charge in [-0.3, -0.25) is 9.69 Å². The summed E-state index contributed by atoms with van der Waals surface area (Å²) in [5.74, 6) is 0.600. The van der Waals surface area contributed by atoms with Crippen molar-refractivity contribution in [2.24, 2.45) is 0 Å². The molecule has 0 atom stereocenters. The normalized spacial score (nSPS) is 18.8. The Morgan fingerprint density at radius 1 is 1.32 bits per heavy atom. The number of nitrogens with zero attached hydrogens (tertiary/aromatic N) is 4. The van der Waals surface area contributed by atoms with E-state index >= 15 is 0 Å². The highest BCUT2D eigenvalue weighted by Crippen LogP contribution is 2.36. The summed E-state index contributed by atoms with van der Waals surface area (Å²) < 4.78 is 5.33. The molecule has 0 aliphatic carbocycles. The van der Waals surface area contributed by atoms with E-state index in [1.165, 1.54) is 16.8 Å². The maximum absolute atomic E-state index is 12.5. The van der Waals surface area contributed by atoms with Crippen LogP contribution in [0.2, 0.25) is 0 Å². The van der Waals surface area contributed by atoms with Crippen LogP contribution >= 0.6 is 11.3 Å². The number of carbonyl (C=O) groups is 1. The molecule has 2 aromatic rings. The van der Waals surface area contributed by atoms with Gasteiger partial charge in [0.15, 0.2) is 0 Å². The predicted octanol–water partition coefficient (Wildman–Crippen LogP) is 1.05. The van der Waals surface area contributed by atoms with Crippen molar-refractivity contribution in [3.8, 4) is 0 Å². The van der Waals surface area contributed by atoms with E-state index in [1.807, 2.05) is 11.0 Å². The van der Waals surface area contributed by atoms with Crippen LogP contribution in [-0.2, 0) is 22.5 Å². The zero-order chi connectivity index (χ0) is 17.2. The summed E-state index contributed by atoms with van der Waals surface area (Å²) in [6.07, 6.45) is 5.95. The summed E-state index contributed by atoms with van der Waals surface area (Å²) in [5.41, 5.74) is 7.21. The van der Waals surface area contributed by atoms with Crippen LogP contribution in [0.3, 0.4) is 0 Å². The minimum absolute atomic E-state index is 0.0652. The van der Waals surface area contributed by atoms with Crippen LogP contribution in [0.15, 0.2) is 18.5 Å². The third-order valence-corrected chi connectivity index (χ3v) is 5.83. The van der Waals surface area contributed by atoms with Gasteiger partial charge in [0.05, 0.1) is 25.1 Å². The molecule has 0 bridgehead atoms. The summed E-state index contributed by atoms with van der Waals surface area (Å²) in [6.45, 7) is 5.52. The van der Waals surface area contributed by atoms with Crippen LogP contribution in [0.25, 0.3) is 10.2 Å². The maximum atomic E-state index is 12.5. The van der Waals surface area contributed by atoms with E-state index in [2.05, 4.69) is 14.9 Å². The smallest absolute Gasteiger partial charge is 0.246 e. The van der Waals surface area contributed by atoms with E-state index < -0.39 is 0 Å². The van der Waals surface area contributed by atoms with Crippen molar-refractivity contribution in [1.82, 2.24) is 19.8 Å². The molecule has 0 radical (unpaired) electrons. The van der Waals surface area contributed by atoms with Crippen molar-refractivity contribution < 1.29 is 9.53 Å². The number of morpholine rings is 1. The predicted molar refractivity (Wildman–Crippen MR) is 97.3 cm³/mol. The highest BCUT2D eigenvalue weighted by molar-refractivity contribution is 7.19. The second-order valence-electron chi connectivity index (χ2n) is 6.27. The number of amides is 1. The first-order valence-corrected chi connectivity index (χ1v) is 9.30. The van der Waals surface area contributed by atoms with E-state index in [0.717, 1.165) is 49.5 Å². The van der Waals surface area contributed by atoms with E-state index in [-0.39, 0.29) is 5.91 Å². The number of thiophene rings is 1. The lowest BCUT2D eigenvalue weighted by atomic mass is 10.0. The number of fused-ring (bicyclic) bond motifs is 3. The van der Waals surface area contributed by atoms with Gasteiger partial charge in [-0.25, -0.2) is 9.97 Å². The molecule has 0 unspecified atom stereocenters. The Hall–Kier alpha value is -2.03. The van der Waals surface area contributed by atoms with Crippen molar-refractivity contribution >= 4 is 33.3 Å². The second kappa shape index (κ2) is 7.07. The third-order valence-electron chi connectivity index (χ3n) is 4.71. The number of anilines is 1. The van der Waals surface area contributed by atoms with Crippen molar-refractivity contribution in [1.29, 1.82) is 0 Å². The Labute approximate surface area is 150 Å². The number of nitrogen functional groups attached to an aromatic ring is 1. The lowest BCUT2D eigenvalue weighted by Crippen LogP contribution is -2.37. The number of hydrogen-bond acceptors (Lipinski definition) is 7. The minimum atomic E-state index is 0.0652. The van der Waals surface area contributed by atoms with Gasteiger partial charge in [-0.1, -0.05) is 6.08 Å². The molecular formula is C17H21N5O2S. The van der Waals surface area contributed by atoms with Gasteiger partial charge in [-0.2, -0.15) is 0 Å². The van der Waals surface area contributed by atoms with Crippen LogP contribution in [0.1, 0.15) is 10.4 Å². The van der Waals surface area contributed by atoms with Crippen molar-refractivity contribution in [3.05, 3.63) is 28.9 Å². The van der Waals surface area contributed by atoms with Gasteiger partial charge in [0.1, 0.15) is 17.0 Å². The zero-order valence-corrected chi connectivity index (χ0v) is 14.8. The Morgan fingerprint density at radius 3 is 3.00 bits per heavy atom. The Balaban J connectivity index is 1.42. The number of ether oxygens (including phenoxy) is 1. The third kappa shape index (κ3) is 3.37. The fourth-order valence-electron chi connectivity index (χ4n) is 3.33. The first-order chi connectivity index (χ1) is 12.2. The molecule has 8 heteroatoms. The summed E-state index contributed by atoms with van der Waals surface area (Å²) in [4.78, 5) is 27.1. The first-order valence-electron chi connectivity index (χ1n) is 8.48. The van der Waals surface area contributed by atoms with Gasteiger partial charge in [-0.05, 0) is 12.0 Å². The molecule has 1 saturated heterocycles. The first kappa shape index (κ1) is 16.4. The Kier molecular flexibility index (Phi) is 4.65. The Bertz CT molecular complexity index is 813. The zero-order valence-electron chi connectivity index (χ0n) is 14.0. The van der Waals surface area contributed by atoms with E-state index in [0.29, 0.717) is 18.9 Å². The fraction of sp³-hybridized carbons (Fsp3) is 0.471. The van der Waals surface area contributed by atoms with E-state index in [1.54, 1.807) is 17.4 Å². The Morgan fingerprint density at radius 2 is 2.16 bits per heavy atom. The van der Waals surface area contributed by atoms with Crippen molar-refractivity contribution in [2.75, 3.05) is 45.1 Å². The SMILES string of the molecule is Nc1ncnc2sc3c(c12)CCN(C(=O)/C=C/CN1CCOCC1)C3. The molecule has 0 aromatic carbocycles. The molecule has 132 valence electrons. The maximum Gasteiger partial charge on any atom is 0.246 e. The molecule has 4 heterocycles. The number of rotatable bonds is 3. The number of carbonyl (C=O) groups excluding carboxylic acids is 1. The lowest BCUT2D eigenvalue weighted by molar-refractivity contribution is -0.126. The molecule has 1 amide bonds. The van der Waals surface area contributed by atoms with Crippen molar-refractivity contribution in [2.45, 2.75) is 13.0 Å². The van der Waals surface area contributed by atoms with Crippen molar-refractivity contribution in [3.63, 3.8) is 0 Å². The van der Waals surface area contributed by atoms with Gasteiger partial charge >= 0.3 is 0 Å². The fourth-order valence-corrected chi connectivity index (χ4v) is 4.54. The molecule has 2 aliphatic rings. The van der Waals surface area contributed by atoms with Crippen LogP contribution in [0.4, 0.5) is 5.82 Å². The van der Waals surface area contributed by atoms with Crippen LogP contribution in [0.5, 0.6) is 0 Å². The van der Waals surface area contributed by atoms with E-state index in [4.69, 9.17) is 10.5 Å². The van der Waals surface area contributed by atoms with E-state index in [9.17, 15) is 4.79 Å². The molecule has 25 heavy (non-hydrogen) atoms. The largest absolute Gasteiger partial charge is 0.383 e. The highest BCUT2D eigenvalue weighted by atomic mass is 32.1. The number of aromatic nitrogens is 2. The molecule has 1 fully saturated rings. The average molecular weight is 359 g/mol. The summed E-state index contributed by atoms with van der Waals surface area (Å²) >= 11 is 1.61. The number of hydrogen-bond donors (Lipinski definition) is 1. The van der Waals surface area contributed by atoms with Gasteiger partial charge in [0, 0.05) is 37.1 Å². The highest BCUT2D eigenvalue weighted by Gasteiger charge is 2.24. The molecule has 2 aliphatic heterocycles. The standard InChI is InChI=1S/C17H21N5O2S/c18-16-15-12-3-5-22(10-13(12)25-17(15)20-11-19-16)14(23)2-1-4-21-6-8-24-9-7-21/h1-2,11H,3-10H2,(H2,18,19,20)/b2-1+. The number of nitrogens with two attached hydrogens (primary N) is 1. The minimum Gasteiger partial charge on any atom is -0.383 e. The monoisotopic (exact) mass is 359 g/mol. The summed E-state index contributed by atoms with van der Waals surface area (Å²) in [7, 11) is 0. The molecule has 0 saturated carbocycles. The van der Waals surface area contributed by atoms with Gasteiger partial charge in [0.2, 0.25) is 5.91 Å². The quantitative estimate of drug-likeness (QED) is 0.825. The molecular weight excluding hydrogens is 338 g/mol. The summed E-state index contributed by atoms with van der Waals surface area (Å²) in [6, 6.07) is 0. The second-order valence-corrected chi connectivity index (χ2v) is 7.35. The lowest BCUT2D eigenvalue weighted by Gasteiger charge is -2.27. The van der Waals surface area contributed by atoms with Crippen LogP contribution < -0.4 is 5.73 Å². The average Bonchev–Trinajstić information content (AvgIpc) is 3.01. The van der Waals surface area contributed by atoms with Crippen LogP contribution in [-0.4, -0.2) is 65.1 Å².